The first-order valence-electron chi connectivity index (χ1n) is 9.26. The zero-order valence-corrected chi connectivity index (χ0v) is 18.2. The van der Waals surface area contributed by atoms with Crippen molar-refractivity contribution >= 4 is 39.3 Å². The fourth-order valence-corrected chi connectivity index (χ4v) is 5.33. The van der Waals surface area contributed by atoms with Gasteiger partial charge in [0, 0.05) is 31.1 Å². The van der Waals surface area contributed by atoms with E-state index in [1.807, 2.05) is 18.2 Å². The minimum absolute atomic E-state index is 0.0624. The number of nitrogens with zero attached hydrogens (tertiary/aromatic N) is 1. The summed E-state index contributed by atoms with van der Waals surface area (Å²) in [5, 5.41) is 3.03. The molecule has 1 amide bonds. The number of benzene rings is 2. The molecule has 1 fully saturated rings. The van der Waals surface area contributed by atoms with Gasteiger partial charge in [-0.1, -0.05) is 41.9 Å². The van der Waals surface area contributed by atoms with Crippen molar-refractivity contribution in [1.82, 2.24) is 9.62 Å². The number of thioether (sulfide) groups is 1. The van der Waals surface area contributed by atoms with Crippen LogP contribution in [0.5, 0.6) is 0 Å². The molecule has 1 heterocycles. The maximum atomic E-state index is 12.8. The highest BCUT2D eigenvalue weighted by Gasteiger charge is 2.27. The predicted molar refractivity (Wildman–Crippen MR) is 116 cm³/mol. The third-order valence-electron chi connectivity index (χ3n) is 4.43. The Bertz CT molecular complexity index is 933. The lowest BCUT2D eigenvalue weighted by Gasteiger charge is -2.26. The van der Waals surface area contributed by atoms with E-state index < -0.39 is 10.0 Å². The molecule has 0 aromatic heterocycles. The average molecular weight is 455 g/mol. The van der Waals surface area contributed by atoms with Crippen molar-refractivity contribution in [3.8, 4) is 0 Å². The summed E-state index contributed by atoms with van der Waals surface area (Å²) in [4.78, 5) is 12.6. The summed E-state index contributed by atoms with van der Waals surface area (Å²) < 4.78 is 32.2. The molecule has 6 nitrogen and oxygen atoms in total. The smallest absolute Gasteiger partial charge is 0.252 e. The normalized spacial score (nSPS) is 15.2. The maximum Gasteiger partial charge on any atom is 0.252 e. The second-order valence-corrected chi connectivity index (χ2v) is 9.90. The van der Waals surface area contributed by atoms with E-state index in [2.05, 4.69) is 17.4 Å². The minimum Gasteiger partial charge on any atom is -0.379 e. The van der Waals surface area contributed by atoms with Gasteiger partial charge in [0.25, 0.3) is 5.91 Å². The Labute approximate surface area is 180 Å². The van der Waals surface area contributed by atoms with E-state index in [1.165, 1.54) is 28.1 Å². The first kappa shape index (κ1) is 22.1. The van der Waals surface area contributed by atoms with Crippen LogP contribution in [0.15, 0.2) is 53.4 Å². The highest BCUT2D eigenvalue weighted by Crippen LogP contribution is 2.23. The molecule has 156 valence electrons. The molecule has 0 bridgehead atoms. The Morgan fingerprint density at radius 3 is 2.59 bits per heavy atom. The van der Waals surface area contributed by atoms with Crippen molar-refractivity contribution in [2.45, 2.75) is 10.6 Å². The summed E-state index contributed by atoms with van der Waals surface area (Å²) in [6.07, 6.45) is 0. The molecule has 3 rings (SSSR count). The van der Waals surface area contributed by atoms with E-state index in [0.717, 1.165) is 11.5 Å². The first-order valence-corrected chi connectivity index (χ1v) is 12.2. The number of halogens is 1. The van der Waals surface area contributed by atoms with E-state index in [-0.39, 0.29) is 21.4 Å². The van der Waals surface area contributed by atoms with Gasteiger partial charge in [0.05, 0.1) is 28.7 Å². The van der Waals surface area contributed by atoms with Gasteiger partial charge in [0.15, 0.2) is 0 Å². The number of rotatable bonds is 8. The Balaban J connectivity index is 1.58. The van der Waals surface area contributed by atoms with E-state index in [9.17, 15) is 13.2 Å². The molecule has 1 saturated heterocycles. The molecule has 1 N–H and O–H groups in total. The first-order chi connectivity index (χ1) is 14.0. The second kappa shape index (κ2) is 10.4. The molecule has 0 unspecified atom stereocenters. The molecular formula is C20H23ClN2O4S2. The summed E-state index contributed by atoms with van der Waals surface area (Å²) in [6.45, 7) is 1.78. The van der Waals surface area contributed by atoms with Gasteiger partial charge in [0.2, 0.25) is 10.0 Å². The van der Waals surface area contributed by atoms with Crippen LogP contribution in [-0.4, -0.2) is 57.2 Å². The van der Waals surface area contributed by atoms with Crippen molar-refractivity contribution in [3.05, 3.63) is 64.7 Å². The quantitative estimate of drug-likeness (QED) is 0.620. The highest BCUT2D eigenvalue weighted by atomic mass is 35.5. The van der Waals surface area contributed by atoms with Crippen LogP contribution < -0.4 is 5.32 Å². The zero-order chi connectivity index (χ0) is 20.7. The largest absolute Gasteiger partial charge is 0.379 e. The van der Waals surface area contributed by atoms with Gasteiger partial charge in [-0.3, -0.25) is 4.79 Å². The summed E-state index contributed by atoms with van der Waals surface area (Å²) in [6, 6.07) is 14.3. The Morgan fingerprint density at radius 1 is 1.14 bits per heavy atom. The molecule has 29 heavy (non-hydrogen) atoms. The lowest BCUT2D eigenvalue weighted by Crippen LogP contribution is -2.40. The van der Waals surface area contributed by atoms with E-state index in [0.29, 0.717) is 32.8 Å². The summed E-state index contributed by atoms with van der Waals surface area (Å²) in [5.74, 6) is 1.23. The molecule has 0 atom stereocenters. The fraction of sp³-hybridized carbons (Fsp3) is 0.350. The summed E-state index contributed by atoms with van der Waals surface area (Å²) >= 11 is 7.86. The molecule has 1 aliphatic heterocycles. The number of sulfonamides is 1. The van der Waals surface area contributed by atoms with Crippen molar-refractivity contribution in [2.24, 2.45) is 0 Å². The van der Waals surface area contributed by atoms with E-state index in [4.69, 9.17) is 16.3 Å². The van der Waals surface area contributed by atoms with Crippen LogP contribution in [0.25, 0.3) is 0 Å². The number of hydrogen-bond acceptors (Lipinski definition) is 5. The van der Waals surface area contributed by atoms with Crippen LogP contribution in [0.1, 0.15) is 15.9 Å². The Hall–Kier alpha value is -1.58. The van der Waals surface area contributed by atoms with Gasteiger partial charge >= 0.3 is 0 Å². The average Bonchev–Trinajstić information content (AvgIpc) is 2.75. The number of carbonyl (C=O) groups excluding carboxylic acids is 1. The van der Waals surface area contributed by atoms with E-state index in [1.54, 1.807) is 11.8 Å². The monoisotopic (exact) mass is 454 g/mol. The summed E-state index contributed by atoms with van der Waals surface area (Å²) in [7, 11) is -3.68. The van der Waals surface area contributed by atoms with Gasteiger partial charge in [0.1, 0.15) is 0 Å². The molecule has 0 radical (unpaired) electrons. The molecule has 0 saturated carbocycles. The molecule has 0 aliphatic carbocycles. The van der Waals surface area contributed by atoms with Crippen molar-refractivity contribution < 1.29 is 17.9 Å². The topological polar surface area (TPSA) is 75.7 Å². The Morgan fingerprint density at radius 2 is 1.86 bits per heavy atom. The molecule has 1 aliphatic rings. The Kier molecular flexibility index (Phi) is 7.97. The molecule has 0 spiro atoms. The SMILES string of the molecule is O=C(NCCSCc1ccccc1)c1cc(S(=O)(=O)N2CCOCC2)ccc1Cl. The standard InChI is InChI=1S/C20H23ClN2O4S2/c21-19-7-6-17(29(25,26)23-9-11-27-12-10-23)14-18(19)20(24)22-8-13-28-15-16-4-2-1-3-5-16/h1-7,14H,8-13,15H2,(H,22,24). The molecule has 2 aromatic rings. The maximum absolute atomic E-state index is 12.8. The van der Waals surface area contributed by atoms with Crippen LogP contribution in [0, 0.1) is 0 Å². The highest BCUT2D eigenvalue weighted by molar-refractivity contribution is 7.98. The van der Waals surface area contributed by atoms with Crippen molar-refractivity contribution in [1.29, 1.82) is 0 Å². The molecular weight excluding hydrogens is 432 g/mol. The minimum atomic E-state index is -3.68. The van der Waals surface area contributed by atoms with Crippen LogP contribution in [-0.2, 0) is 20.5 Å². The van der Waals surface area contributed by atoms with Crippen molar-refractivity contribution in [3.63, 3.8) is 0 Å². The van der Waals surface area contributed by atoms with Gasteiger partial charge in [-0.2, -0.15) is 16.1 Å². The van der Waals surface area contributed by atoms with Crippen molar-refractivity contribution in [2.75, 3.05) is 38.6 Å². The van der Waals surface area contributed by atoms with Crippen LogP contribution in [0.2, 0.25) is 5.02 Å². The third kappa shape index (κ3) is 5.96. The van der Waals surface area contributed by atoms with Gasteiger partial charge in [-0.15, -0.1) is 0 Å². The molecule has 2 aromatic carbocycles. The van der Waals surface area contributed by atoms with Crippen LogP contribution >= 0.6 is 23.4 Å². The van der Waals surface area contributed by atoms with Gasteiger partial charge in [-0.25, -0.2) is 8.42 Å². The van der Waals surface area contributed by atoms with Gasteiger partial charge < -0.3 is 10.1 Å². The van der Waals surface area contributed by atoms with Crippen LogP contribution in [0.4, 0.5) is 0 Å². The third-order valence-corrected chi connectivity index (χ3v) is 7.69. The predicted octanol–water partition coefficient (Wildman–Crippen LogP) is 3.02. The molecule has 9 heteroatoms. The number of morpholine rings is 1. The number of nitrogens with one attached hydrogen (secondary N) is 1. The number of hydrogen-bond donors (Lipinski definition) is 1. The fourth-order valence-electron chi connectivity index (χ4n) is 2.87. The number of amides is 1. The van der Waals surface area contributed by atoms with Crippen LogP contribution in [0.3, 0.4) is 0 Å². The zero-order valence-electron chi connectivity index (χ0n) is 15.8. The second-order valence-electron chi connectivity index (χ2n) is 6.45. The van der Waals surface area contributed by atoms with E-state index >= 15 is 0 Å². The number of ether oxygens (including phenoxy) is 1. The van der Waals surface area contributed by atoms with Gasteiger partial charge in [-0.05, 0) is 23.8 Å². The number of carbonyl (C=O) groups is 1. The lowest BCUT2D eigenvalue weighted by molar-refractivity contribution is 0.0730. The summed E-state index contributed by atoms with van der Waals surface area (Å²) in [5.41, 5.74) is 1.39. The lowest BCUT2D eigenvalue weighted by atomic mass is 10.2.